The Kier molecular flexibility index (Phi) is 2.84. The standard InChI is InChI=1S/C11H11ClN2/c12-11(8-14-7-6-13-9-14)10-4-2-1-3-5-10/h1-7,9,11H,8H2. The summed E-state index contributed by atoms with van der Waals surface area (Å²) < 4.78 is 1.98. The van der Waals surface area contributed by atoms with Gasteiger partial charge in [-0.25, -0.2) is 4.98 Å². The van der Waals surface area contributed by atoms with Crippen LogP contribution in [0.15, 0.2) is 49.1 Å². The number of alkyl halides is 1. The largest absolute Gasteiger partial charge is 0.336 e. The van der Waals surface area contributed by atoms with Crippen LogP contribution in [0.3, 0.4) is 0 Å². The molecule has 0 fully saturated rings. The lowest BCUT2D eigenvalue weighted by atomic mass is 10.1. The van der Waals surface area contributed by atoms with E-state index in [1.165, 1.54) is 0 Å². The molecule has 0 aliphatic heterocycles. The van der Waals surface area contributed by atoms with E-state index in [1.54, 1.807) is 12.5 Å². The van der Waals surface area contributed by atoms with Gasteiger partial charge in [-0.1, -0.05) is 30.3 Å². The lowest BCUT2D eigenvalue weighted by Crippen LogP contribution is -2.01. The highest BCUT2D eigenvalue weighted by atomic mass is 35.5. The lowest BCUT2D eigenvalue weighted by Gasteiger charge is -2.09. The van der Waals surface area contributed by atoms with Crippen molar-refractivity contribution in [2.75, 3.05) is 0 Å². The Morgan fingerprint density at radius 1 is 1.29 bits per heavy atom. The minimum atomic E-state index is 0.00500. The summed E-state index contributed by atoms with van der Waals surface area (Å²) in [5.74, 6) is 0. The zero-order valence-electron chi connectivity index (χ0n) is 7.68. The van der Waals surface area contributed by atoms with Crippen molar-refractivity contribution >= 4 is 11.6 Å². The molecule has 0 amide bonds. The van der Waals surface area contributed by atoms with E-state index >= 15 is 0 Å². The van der Waals surface area contributed by atoms with E-state index in [0.717, 1.165) is 12.1 Å². The molecule has 1 aromatic heterocycles. The van der Waals surface area contributed by atoms with E-state index in [1.807, 2.05) is 41.1 Å². The molecular weight excluding hydrogens is 196 g/mol. The Bertz CT molecular complexity index is 369. The zero-order chi connectivity index (χ0) is 9.80. The summed E-state index contributed by atoms with van der Waals surface area (Å²) >= 11 is 6.25. The van der Waals surface area contributed by atoms with Crippen molar-refractivity contribution in [2.45, 2.75) is 11.9 Å². The predicted octanol–water partition coefficient (Wildman–Crippen LogP) is 2.86. The Labute approximate surface area is 88.2 Å². The molecule has 3 heteroatoms. The number of hydrogen-bond acceptors (Lipinski definition) is 1. The van der Waals surface area contributed by atoms with Gasteiger partial charge in [-0.3, -0.25) is 0 Å². The van der Waals surface area contributed by atoms with Crippen molar-refractivity contribution in [2.24, 2.45) is 0 Å². The monoisotopic (exact) mass is 206 g/mol. The number of nitrogens with zero attached hydrogens (tertiary/aromatic N) is 2. The molecule has 2 rings (SSSR count). The van der Waals surface area contributed by atoms with Gasteiger partial charge in [0.15, 0.2) is 0 Å². The molecule has 2 nitrogen and oxygen atoms in total. The summed E-state index contributed by atoms with van der Waals surface area (Å²) in [5, 5.41) is 0.00500. The van der Waals surface area contributed by atoms with Crippen molar-refractivity contribution in [1.82, 2.24) is 9.55 Å². The molecule has 0 saturated carbocycles. The van der Waals surface area contributed by atoms with Gasteiger partial charge in [0.25, 0.3) is 0 Å². The third-order valence-electron chi connectivity index (χ3n) is 2.09. The molecule has 0 bridgehead atoms. The van der Waals surface area contributed by atoms with Crippen LogP contribution in [0, 0.1) is 0 Å². The van der Waals surface area contributed by atoms with Gasteiger partial charge in [-0.05, 0) is 5.56 Å². The minimum absolute atomic E-state index is 0.00500. The van der Waals surface area contributed by atoms with E-state index in [4.69, 9.17) is 11.6 Å². The Balaban J connectivity index is 2.07. The molecule has 0 aliphatic rings. The van der Waals surface area contributed by atoms with Gasteiger partial charge in [-0.15, -0.1) is 11.6 Å². The fraction of sp³-hybridized carbons (Fsp3) is 0.182. The normalized spacial score (nSPS) is 12.6. The summed E-state index contributed by atoms with van der Waals surface area (Å²) in [5.41, 5.74) is 1.14. The van der Waals surface area contributed by atoms with E-state index in [0.29, 0.717) is 0 Å². The molecule has 2 aromatic rings. The maximum atomic E-state index is 6.25. The van der Waals surface area contributed by atoms with E-state index < -0.39 is 0 Å². The summed E-state index contributed by atoms with van der Waals surface area (Å²) in [4.78, 5) is 3.97. The number of benzene rings is 1. The molecule has 72 valence electrons. The Morgan fingerprint density at radius 3 is 2.71 bits per heavy atom. The Hall–Kier alpha value is -1.28. The smallest absolute Gasteiger partial charge is 0.0946 e. The van der Waals surface area contributed by atoms with E-state index in [-0.39, 0.29) is 5.38 Å². The number of halogens is 1. The third-order valence-corrected chi connectivity index (χ3v) is 2.48. The number of rotatable bonds is 3. The van der Waals surface area contributed by atoms with Crippen LogP contribution < -0.4 is 0 Å². The van der Waals surface area contributed by atoms with Gasteiger partial charge in [0, 0.05) is 18.9 Å². The number of aromatic nitrogens is 2. The fourth-order valence-corrected chi connectivity index (χ4v) is 1.65. The number of imidazole rings is 1. The molecule has 0 N–H and O–H groups in total. The SMILES string of the molecule is ClC(Cn1ccnc1)c1ccccc1. The van der Waals surface area contributed by atoms with Crippen LogP contribution in [0.25, 0.3) is 0 Å². The first-order valence-corrected chi connectivity index (χ1v) is 4.94. The molecule has 1 heterocycles. The minimum Gasteiger partial charge on any atom is -0.336 e. The second-order valence-corrected chi connectivity index (χ2v) is 3.66. The summed E-state index contributed by atoms with van der Waals surface area (Å²) in [6, 6.07) is 10.1. The molecule has 0 saturated heterocycles. The van der Waals surface area contributed by atoms with Crippen LogP contribution in [-0.2, 0) is 6.54 Å². The highest BCUT2D eigenvalue weighted by Crippen LogP contribution is 2.21. The van der Waals surface area contributed by atoms with Crippen molar-refractivity contribution in [3.8, 4) is 0 Å². The summed E-state index contributed by atoms with van der Waals surface area (Å²) in [7, 11) is 0. The van der Waals surface area contributed by atoms with Gasteiger partial charge >= 0.3 is 0 Å². The average Bonchev–Trinajstić information content (AvgIpc) is 2.72. The molecule has 0 aliphatic carbocycles. The second-order valence-electron chi connectivity index (χ2n) is 3.14. The van der Waals surface area contributed by atoms with Crippen LogP contribution in [0.4, 0.5) is 0 Å². The summed E-state index contributed by atoms with van der Waals surface area (Å²) in [6.45, 7) is 0.756. The fourth-order valence-electron chi connectivity index (χ4n) is 1.35. The quantitative estimate of drug-likeness (QED) is 0.707. The van der Waals surface area contributed by atoms with Crippen molar-refractivity contribution in [1.29, 1.82) is 0 Å². The van der Waals surface area contributed by atoms with Crippen molar-refractivity contribution in [3.63, 3.8) is 0 Å². The molecule has 14 heavy (non-hydrogen) atoms. The summed E-state index contributed by atoms with van der Waals surface area (Å²) in [6.07, 6.45) is 5.45. The number of hydrogen-bond donors (Lipinski definition) is 0. The van der Waals surface area contributed by atoms with Gasteiger partial charge in [0.1, 0.15) is 0 Å². The first-order chi connectivity index (χ1) is 6.86. The predicted molar refractivity (Wildman–Crippen MR) is 57.3 cm³/mol. The first-order valence-electron chi connectivity index (χ1n) is 4.51. The van der Waals surface area contributed by atoms with Gasteiger partial charge < -0.3 is 4.57 Å². The molecule has 0 radical (unpaired) electrons. The van der Waals surface area contributed by atoms with Crippen LogP contribution in [0.2, 0.25) is 0 Å². The van der Waals surface area contributed by atoms with Crippen LogP contribution in [0.5, 0.6) is 0 Å². The highest BCUT2D eigenvalue weighted by Gasteiger charge is 2.06. The van der Waals surface area contributed by atoms with E-state index in [9.17, 15) is 0 Å². The molecular formula is C11H11ClN2. The Morgan fingerprint density at radius 2 is 2.07 bits per heavy atom. The average molecular weight is 207 g/mol. The van der Waals surface area contributed by atoms with Crippen molar-refractivity contribution in [3.05, 3.63) is 54.6 Å². The van der Waals surface area contributed by atoms with Gasteiger partial charge in [-0.2, -0.15) is 0 Å². The van der Waals surface area contributed by atoms with Crippen LogP contribution in [-0.4, -0.2) is 9.55 Å². The lowest BCUT2D eigenvalue weighted by molar-refractivity contribution is 0.677. The zero-order valence-corrected chi connectivity index (χ0v) is 8.43. The third kappa shape index (κ3) is 2.15. The van der Waals surface area contributed by atoms with Crippen LogP contribution >= 0.6 is 11.6 Å². The van der Waals surface area contributed by atoms with E-state index in [2.05, 4.69) is 4.98 Å². The van der Waals surface area contributed by atoms with Gasteiger partial charge in [0.2, 0.25) is 0 Å². The molecule has 1 atom stereocenters. The topological polar surface area (TPSA) is 17.8 Å². The molecule has 1 unspecified atom stereocenters. The van der Waals surface area contributed by atoms with Crippen molar-refractivity contribution < 1.29 is 0 Å². The highest BCUT2D eigenvalue weighted by molar-refractivity contribution is 6.20. The first kappa shape index (κ1) is 9.28. The molecule has 0 spiro atoms. The van der Waals surface area contributed by atoms with Crippen LogP contribution in [0.1, 0.15) is 10.9 Å². The molecule has 1 aromatic carbocycles. The maximum Gasteiger partial charge on any atom is 0.0946 e. The second kappa shape index (κ2) is 4.29. The van der Waals surface area contributed by atoms with Gasteiger partial charge in [0.05, 0.1) is 11.7 Å². The maximum absolute atomic E-state index is 6.25.